The van der Waals surface area contributed by atoms with Crippen molar-refractivity contribution in [3.05, 3.63) is 0 Å². The van der Waals surface area contributed by atoms with E-state index in [-0.39, 0.29) is 17.9 Å². The van der Waals surface area contributed by atoms with Crippen LogP contribution >= 0.6 is 0 Å². The van der Waals surface area contributed by atoms with E-state index in [0.29, 0.717) is 24.7 Å². The fraction of sp³-hybridized carbons (Fsp3) is 0.857. The molecular weight excluding hydrogens is 378 g/mol. The zero-order chi connectivity index (χ0) is 21.5. The summed E-state index contributed by atoms with van der Waals surface area (Å²) in [5.74, 6) is -1.59. The average molecular weight is 411 g/mol. The van der Waals surface area contributed by atoms with Gasteiger partial charge >= 0.3 is 18.1 Å². The van der Waals surface area contributed by atoms with E-state index in [4.69, 9.17) is 19.9 Å². The quantitative estimate of drug-likeness (QED) is 0.505. The highest BCUT2D eigenvalue weighted by Crippen LogP contribution is 2.61. The molecule has 0 spiro atoms. The van der Waals surface area contributed by atoms with Gasteiger partial charge in [-0.1, -0.05) is 27.2 Å². The lowest BCUT2D eigenvalue weighted by Gasteiger charge is -2.36. The second kappa shape index (κ2) is 8.13. The van der Waals surface area contributed by atoms with Gasteiger partial charge in [0.25, 0.3) is 0 Å². The topological polar surface area (TPSA) is 125 Å². The van der Waals surface area contributed by atoms with Crippen LogP contribution in [0.25, 0.3) is 0 Å². The number of carbonyl (C=O) groups is 3. The predicted molar refractivity (Wildman–Crippen MR) is 103 cm³/mol. The Kier molecular flexibility index (Phi) is 6.13. The first-order valence-corrected chi connectivity index (χ1v) is 10.6. The number of rotatable bonds is 6. The van der Waals surface area contributed by atoms with Crippen LogP contribution < -0.4 is 5.73 Å². The number of carboxylic acids is 1. The third kappa shape index (κ3) is 4.37. The summed E-state index contributed by atoms with van der Waals surface area (Å²) in [5.41, 5.74) is 4.87. The van der Waals surface area contributed by atoms with Crippen molar-refractivity contribution >= 4 is 18.1 Å². The molecule has 0 heterocycles. The molecule has 0 aromatic rings. The van der Waals surface area contributed by atoms with Gasteiger partial charge in [0.2, 0.25) is 6.29 Å². The van der Waals surface area contributed by atoms with Gasteiger partial charge in [-0.3, -0.25) is 4.79 Å². The van der Waals surface area contributed by atoms with Crippen molar-refractivity contribution in [3.63, 3.8) is 0 Å². The second-order valence-electron chi connectivity index (χ2n) is 9.46. The van der Waals surface area contributed by atoms with Gasteiger partial charge in [-0.15, -0.1) is 0 Å². The fourth-order valence-corrected chi connectivity index (χ4v) is 5.40. The van der Waals surface area contributed by atoms with Crippen molar-refractivity contribution in [2.75, 3.05) is 0 Å². The van der Waals surface area contributed by atoms with Crippen molar-refractivity contribution in [2.24, 2.45) is 41.2 Å². The maximum atomic E-state index is 12.6. The van der Waals surface area contributed by atoms with Gasteiger partial charge < -0.3 is 25.1 Å². The lowest BCUT2D eigenvalue weighted by molar-refractivity contribution is -0.177. The molecule has 0 bridgehead atoms. The number of ether oxygens (including phenoxy) is 3. The Bertz CT molecular complexity index is 665. The molecule has 0 amide bonds. The lowest BCUT2D eigenvalue weighted by Crippen LogP contribution is -2.51. The molecule has 29 heavy (non-hydrogen) atoms. The van der Waals surface area contributed by atoms with E-state index in [1.165, 1.54) is 6.92 Å². The van der Waals surface area contributed by atoms with Crippen LogP contribution in [0.2, 0.25) is 0 Å². The van der Waals surface area contributed by atoms with Gasteiger partial charge in [-0.25, -0.2) is 9.59 Å². The van der Waals surface area contributed by atoms with Crippen LogP contribution in [-0.2, 0) is 23.8 Å². The van der Waals surface area contributed by atoms with Gasteiger partial charge in [0.05, 0.1) is 5.92 Å². The molecule has 3 fully saturated rings. The van der Waals surface area contributed by atoms with E-state index >= 15 is 0 Å². The highest BCUT2D eigenvalue weighted by Gasteiger charge is 2.70. The largest absolute Gasteiger partial charge is 0.511 e. The van der Waals surface area contributed by atoms with Crippen molar-refractivity contribution in [3.8, 4) is 0 Å². The molecule has 3 saturated carbocycles. The molecule has 8 nitrogen and oxygen atoms in total. The molecule has 0 aromatic carbocycles. The number of carboxylic acid groups (broad SMARTS) is 1. The van der Waals surface area contributed by atoms with Crippen molar-refractivity contribution < 1.29 is 33.7 Å². The van der Waals surface area contributed by atoms with Crippen molar-refractivity contribution in [2.45, 2.75) is 77.7 Å². The number of hydrogen-bond acceptors (Lipinski definition) is 7. The Labute approximate surface area is 171 Å². The highest BCUT2D eigenvalue weighted by molar-refractivity contribution is 5.86. The monoisotopic (exact) mass is 411 g/mol. The van der Waals surface area contributed by atoms with Crippen molar-refractivity contribution in [1.29, 1.82) is 0 Å². The van der Waals surface area contributed by atoms with E-state index in [0.717, 1.165) is 19.3 Å². The molecule has 1 unspecified atom stereocenters. The van der Waals surface area contributed by atoms with Gasteiger partial charge in [0.15, 0.2) is 0 Å². The third-order valence-electron chi connectivity index (χ3n) is 7.06. The Balaban J connectivity index is 1.51. The average Bonchev–Trinajstić information content (AvgIpc) is 3.25. The summed E-state index contributed by atoms with van der Waals surface area (Å²) in [5, 5.41) is 9.22. The minimum Gasteiger partial charge on any atom is -0.481 e. The zero-order valence-electron chi connectivity index (χ0n) is 17.6. The van der Waals surface area contributed by atoms with E-state index in [1.54, 1.807) is 0 Å². The number of hydrogen-bond donors (Lipinski definition) is 2. The molecular formula is C21H33NO7. The molecule has 3 aliphatic carbocycles. The molecule has 3 N–H and O–H groups in total. The van der Waals surface area contributed by atoms with Crippen molar-refractivity contribution in [1.82, 2.24) is 0 Å². The molecule has 164 valence electrons. The van der Waals surface area contributed by atoms with Crippen LogP contribution in [0.5, 0.6) is 0 Å². The number of fused-ring (bicyclic) bond motifs is 1. The standard InChI is InChI=1S/C21H33NO7/c1-10(2)13-6-5-11(3)9-15(13)29-20(26)28-12(4)27-19(25)21(22)8-7-14-16(17(14)21)18(23)24/h10-17H,5-9,22H2,1-4H3,(H,23,24)/t11-,12-,13?,14+,15-,16+,17+,21+/m1/s1. The molecule has 0 aromatic heterocycles. The Morgan fingerprint density at radius 2 is 1.79 bits per heavy atom. The molecule has 0 radical (unpaired) electrons. The van der Waals surface area contributed by atoms with Crippen LogP contribution in [0.4, 0.5) is 4.79 Å². The summed E-state index contributed by atoms with van der Waals surface area (Å²) in [4.78, 5) is 36.1. The van der Waals surface area contributed by atoms with Gasteiger partial charge in [0, 0.05) is 12.8 Å². The fourth-order valence-electron chi connectivity index (χ4n) is 5.40. The third-order valence-corrected chi connectivity index (χ3v) is 7.06. The minimum absolute atomic E-state index is 0.0764. The smallest absolute Gasteiger partial charge is 0.481 e. The van der Waals surface area contributed by atoms with Crippen LogP contribution in [0.15, 0.2) is 0 Å². The molecule has 8 atom stereocenters. The predicted octanol–water partition coefficient (Wildman–Crippen LogP) is 2.93. The minimum atomic E-state index is -1.34. The first-order chi connectivity index (χ1) is 13.5. The summed E-state index contributed by atoms with van der Waals surface area (Å²) in [6.07, 6.45) is 1.63. The first kappa shape index (κ1) is 21.9. The number of nitrogens with two attached hydrogens (primary N) is 1. The maximum Gasteiger partial charge on any atom is 0.511 e. The number of carbonyl (C=O) groups excluding carboxylic acids is 2. The normalized spacial score (nSPS) is 39.4. The summed E-state index contributed by atoms with van der Waals surface area (Å²) in [7, 11) is 0. The Hall–Kier alpha value is -1.83. The highest BCUT2D eigenvalue weighted by atomic mass is 16.8. The van der Waals surface area contributed by atoms with E-state index in [2.05, 4.69) is 20.8 Å². The second-order valence-corrected chi connectivity index (χ2v) is 9.46. The Morgan fingerprint density at radius 3 is 2.38 bits per heavy atom. The van der Waals surface area contributed by atoms with Gasteiger partial charge in [-0.05, 0) is 49.4 Å². The first-order valence-electron chi connectivity index (χ1n) is 10.6. The van der Waals surface area contributed by atoms with Crippen LogP contribution in [0, 0.1) is 35.5 Å². The summed E-state index contributed by atoms with van der Waals surface area (Å²) < 4.78 is 15.9. The lowest BCUT2D eigenvalue weighted by atomic mass is 9.75. The van der Waals surface area contributed by atoms with E-state index < -0.39 is 41.8 Å². The summed E-state index contributed by atoms with van der Waals surface area (Å²) >= 11 is 0. The summed E-state index contributed by atoms with van der Waals surface area (Å²) in [6.45, 7) is 7.80. The summed E-state index contributed by atoms with van der Waals surface area (Å²) in [6, 6.07) is 0. The van der Waals surface area contributed by atoms with Gasteiger partial charge in [-0.2, -0.15) is 0 Å². The molecule has 8 heteroatoms. The van der Waals surface area contributed by atoms with Gasteiger partial charge in [0.1, 0.15) is 11.6 Å². The zero-order valence-corrected chi connectivity index (χ0v) is 17.6. The number of esters is 1. The molecule has 0 aliphatic heterocycles. The molecule has 3 aliphatic rings. The van der Waals surface area contributed by atoms with E-state index in [1.807, 2.05) is 0 Å². The maximum absolute atomic E-state index is 12.6. The molecule has 0 saturated heterocycles. The van der Waals surface area contributed by atoms with Crippen LogP contribution in [0.3, 0.4) is 0 Å². The Morgan fingerprint density at radius 1 is 1.10 bits per heavy atom. The SMILES string of the molecule is CC(C)C1CC[C@@H](C)C[C@H]1OC(=O)O[C@H](C)OC(=O)[C@]1(N)CC[C@H]2[C@H](C(=O)O)[C@H]21. The van der Waals surface area contributed by atoms with E-state index in [9.17, 15) is 19.5 Å². The van der Waals surface area contributed by atoms with Crippen LogP contribution in [0.1, 0.15) is 59.8 Å². The van der Waals surface area contributed by atoms with Crippen LogP contribution in [-0.4, -0.2) is 41.1 Å². The molecule has 3 rings (SSSR count). The number of aliphatic carboxylic acids is 1.